The van der Waals surface area contributed by atoms with E-state index in [2.05, 4.69) is 104 Å². The fraction of sp³-hybridized carbons (Fsp3) is 0.585. The average molecular weight is 622 g/mol. The third-order valence-electron chi connectivity index (χ3n) is 7.32. The maximum Gasteiger partial charge on any atom is 0.220 e. The number of aliphatic hydroxyl groups is 2. The van der Waals surface area contributed by atoms with Gasteiger partial charge in [0.15, 0.2) is 0 Å². The highest BCUT2D eigenvalue weighted by Crippen LogP contribution is 2.11. The second kappa shape index (κ2) is 35.8. The van der Waals surface area contributed by atoms with Gasteiger partial charge in [0.1, 0.15) is 0 Å². The normalized spacial score (nSPS) is 14.3. The molecule has 0 saturated heterocycles. The van der Waals surface area contributed by atoms with E-state index in [0.29, 0.717) is 6.42 Å². The topological polar surface area (TPSA) is 69.6 Å². The Morgan fingerprint density at radius 1 is 0.556 bits per heavy atom. The number of carbonyl (C=O) groups excluding carboxylic acids is 1. The minimum absolute atomic E-state index is 0.0918. The number of hydrogen-bond donors (Lipinski definition) is 3. The smallest absolute Gasteiger partial charge is 0.220 e. The average Bonchev–Trinajstić information content (AvgIpc) is 3.04. The molecule has 0 fully saturated rings. The summed E-state index contributed by atoms with van der Waals surface area (Å²) in [6, 6.07) is -0.630. The molecule has 0 aliphatic rings. The van der Waals surface area contributed by atoms with Gasteiger partial charge in [-0.2, -0.15) is 0 Å². The lowest BCUT2D eigenvalue weighted by molar-refractivity contribution is -0.123. The third-order valence-corrected chi connectivity index (χ3v) is 7.32. The van der Waals surface area contributed by atoms with E-state index in [1.807, 2.05) is 6.08 Å². The highest BCUT2D eigenvalue weighted by atomic mass is 16.3. The van der Waals surface area contributed by atoms with E-state index in [1.165, 1.54) is 25.7 Å². The lowest BCUT2D eigenvalue weighted by atomic mass is 10.1. The van der Waals surface area contributed by atoms with E-state index >= 15 is 0 Å². The number of amides is 1. The van der Waals surface area contributed by atoms with Gasteiger partial charge in [0, 0.05) is 6.42 Å². The van der Waals surface area contributed by atoms with Crippen LogP contribution in [0.3, 0.4) is 0 Å². The van der Waals surface area contributed by atoms with Gasteiger partial charge in [-0.05, 0) is 70.6 Å². The van der Waals surface area contributed by atoms with Crippen molar-refractivity contribution >= 4 is 5.91 Å². The highest BCUT2D eigenvalue weighted by Gasteiger charge is 2.17. The lowest BCUT2D eigenvalue weighted by Crippen LogP contribution is -2.45. The summed E-state index contributed by atoms with van der Waals surface area (Å²) >= 11 is 0. The Hall–Kier alpha value is -2.69. The van der Waals surface area contributed by atoms with Crippen LogP contribution >= 0.6 is 0 Å². The van der Waals surface area contributed by atoms with Gasteiger partial charge in [0.2, 0.25) is 5.91 Å². The molecule has 254 valence electrons. The van der Waals surface area contributed by atoms with Crippen LogP contribution in [0.25, 0.3) is 0 Å². The first-order chi connectivity index (χ1) is 22.2. The van der Waals surface area contributed by atoms with Gasteiger partial charge in [-0.15, -0.1) is 0 Å². The van der Waals surface area contributed by atoms with E-state index in [4.69, 9.17) is 0 Å². The summed E-state index contributed by atoms with van der Waals surface area (Å²) < 4.78 is 0. The lowest BCUT2D eigenvalue weighted by Gasteiger charge is -2.19. The molecule has 4 nitrogen and oxygen atoms in total. The number of nitrogens with one attached hydrogen (secondary N) is 1. The predicted octanol–water partition coefficient (Wildman–Crippen LogP) is 10.7. The molecule has 0 aliphatic heterocycles. The predicted molar refractivity (Wildman–Crippen MR) is 197 cm³/mol. The Labute approximate surface area is 277 Å². The first-order valence-electron chi connectivity index (χ1n) is 18.0. The van der Waals surface area contributed by atoms with Crippen molar-refractivity contribution in [2.24, 2.45) is 0 Å². The summed E-state index contributed by atoms with van der Waals surface area (Å²) in [5.74, 6) is -0.0918. The van der Waals surface area contributed by atoms with Gasteiger partial charge in [0.25, 0.3) is 0 Å². The Morgan fingerprint density at radius 3 is 1.44 bits per heavy atom. The Bertz CT molecular complexity index is 890. The van der Waals surface area contributed by atoms with Crippen molar-refractivity contribution in [3.8, 4) is 0 Å². The van der Waals surface area contributed by atoms with E-state index in [0.717, 1.165) is 89.9 Å². The van der Waals surface area contributed by atoms with E-state index in [-0.39, 0.29) is 12.5 Å². The molecular weight excluding hydrogens is 554 g/mol. The largest absolute Gasteiger partial charge is 0.394 e. The summed E-state index contributed by atoms with van der Waals surface area (Å²) in [5, 5.41) is 22.4. The fourth-order valence-electron chi connectivity index (χ4n) is 4.55. The number of allylic oxidation sites excluding steroid dienone is 15. The van der Waals surface area contributed by atoms with Gasteiger partial charge < -0.3 is 15.5 Å². The molecule has 0 radical (unpaired) electrons. The molecule has 0 aromatic rings. The Kier molecular flexibility index (Phi) is 33.6. The van der Waals surface area contributed by atoms with Crippen molar-refractivity contribution < 1.29 is 15.0 Å². The van der Waals surface area contributed by atoms with Gasteiger partial charge in [-0.1, -0.05) is 156 Å². The first-order valence-corrected chi connectivity index (χ1v) is 18.0. The van der Waals surface area contributed by atoms with Crippen LogP contribution in [0, 0.1) is 0 Å². The molecule has 0 aliphatic carbocycles. The molecule has 4 heteroatoms. The molecule has 0 rings (SSSR count). The summed E-state index contributed by atoms with van der Waals surface area (Å²) in [4.78, 5) is 12.2. The van der Waals surface area contributed by atoms with Crippen LogP contribution in [0.1, 0.15) is 136 Å². The van der Waals surface area contributed by atoms with Crippen molar-refractivity contribution in [2.45, 2.75) is 148 Å². The molecule has 0 aromatic carbocycles. The monoisotopic (exact) mass is 622 g/mol. The zero-order valence-corrected chi connectivity index (χ0v) is 28.8. The van der Waals surface area contributed by atoms with Crippen LogP contribution in [0.4, 0.5) is 0 Å². The maximum atomic E-state index is 12.2. The van der Waals surface area contributed by atoms with Crippen molar-refractivity contribution in [2.75, 3.05) is 6.61 Å². The van der Waals surface area contributed by atoms with E-state index < -0.39 is 12.1 Å². The number of aliphatic hydroxyl groups excluding tert-OH is 2. The Balaban J connectivity index is 3.62. The quantitative estimate of drug-likeness (QED) is 0.0552. The second-order valence-corrected chi connectivity index (χ2v) is 11.6. The number of hydrogen-bond acceptors (Lipinski definition) is 3. The Morgan fingerprint density at radius 2 is 0.978 bits per heavy atom. The van der Waals surface area contributed by atoms with Crippen LogP contribution < -0.4 is 5.32 Å². The van der Waals surface area contributed by atoms with Crippen molar-refractivity contribution in [3.63, 3.8) is 0 Å². The van der Waals surface area contributed by atoms with Crippen LogP contribution in [0.5, 0.6) is 0 Å². The molecule has 0 bridgehead atoms. The van der Waals surface area contributed by atoms with E-state index in [9.17, 15) is 15.0 Å². The molecule has 3 N–H and O–H groups in total. The maximum absolute atomic E-state index is 12.2. The molecule has 45 heavy (non-hydrogen) atoms. The summed E-state index contributed by atoms with van der Waals surface area (Å²) in [6.45, 7) is 4.02. The van der Waals surface area contributed by atoms with Crippen LogP contribution in [-0.4, -0.2) is 34.9 Å². The minimum atomic E-state index is -0.845. The SMILES string of the molecule is CC/C=C\C/C=C\C/C=C\C/C=C\C/C=C\C/C=C\C/C=C\CCCCCCCCCC(=O)NC(CO)C(O)/C=C/CCCC. The highest BCUT2D eigenvalue weighted by molar-refractivity contribution is 5.76. The molecular formula is C41H67NO3. The molecule has 0 saturated carbocycles. The first kappa shape index (κ1) is 42.3. The van der Waals surface area contributed by atoms with Crippen molar-refractivity contribution in [1.29, 1.82) is 0 Å². The zero-order valence-electron chi connectivity index (χ0n) is 28.8. The second-order valence-electron chi connectivity index (χ2n) is 11.6. The van der Waals surface area contributed by atoms with Crippen molar-refractivity contribution in [1.82, 2.24) is 5.32 Å². The minimum Gasteiger partial charge on any atom is -0.394 e. The van der Waals surface area contributed by atoms with Gasteiger partial charge in [0.05, 0.1) is 18.8 Å². The number of carbonyl (C=O) groups is 1. The van der Waals surface area contributed by atoms with Crippen LogP contribution in [0.2, 0.25) is 0 Å². The standard InChI is InChI=1S/C41H67NO3/c1-3-5-7-9-10-11-12-13-14-15-16-17-18-19-20-21-22-23-24-25-26-27-28-29-30-31-32-33-35-37-41(45)42-39(38-43)40(44)36-34-8-6-4-2/h5,7,10-11,13-14,16-17,19-20,22-23,25-26,34,36,39-40,43-44H,3-4,6,8-9,12,15,18,21,24,27-33,35,37-38H2,1-2H3,(H,42,45)/b7-5-,11-10-,14-13-,17-16-,20-19-,23-22-,26-25-,36-34+. The summed E-state index contributed by atoms with van der Waals surface area (Å²) in [7, 11) is 0. The van der Waals surface area contributed by atoms with Crippen LogP contribution in [-0.2, 0) is 4.79 Å². The molecule has 2 unspecified atom stereocenters. The van der Waals surface area contributed by atoms with Gasteiger partial charge >= 0.3 is 0 Å². The van der Waals surface area contributed by atoms with Gasteiger partial charge in [-0.25, -0.2) is 0 Å². The molecule has 0 spiro atoms. The summed E-state index contributed by atoms with van der Waals surface area (Å²) in [5.41, 5.74) is 0. The molecule has 0 heterocycles. The zero-order chi connectivity index (χ0) is 32.9. The number of unbranched alkanes of at least 4 members (excludes halogenated alkanes) is 9. The molecule has 1 amide bonds. The molecule has 2 atom stereocenters. The van der Waals surface area contributed by atoms with Crippen molar-refractivity contribution in [3.05, 3.63) is 97.2 Å². The fourth-order valence-corrected chi connectivity index (χ4v) is 4.55. The van der Waals surface area contributed by atoms with Gasteiger partial charge in [-0.3, -0.25) is 4.79 Å². The number of rotatable bonds is 30. The molecule has 0 aromatic heterocycles. The summed E-state index contributed by atoms with van der Waals surface area (Å²) in [6.07, 6.45) is 53.9. The van der Waals surface area contributed by atoms with Crippen LogP contribution in [0.15, 0.2) is 97.2 Å². The van der Waals surface area contributed by atoms with E-state index in [1.54, 1.807) is 6.08 Å². The third kappa shape index (κ3) is 32.5.